The molecule has 1 amide bonds. The smallest absolute Gasteiger partial charge is 0.270 e. The van der Waals surface area contributed by atoms with Gasteiger partial charge in [0.15, 0.2) is 0 Å². The van der Waals surface area contributed by atoms with Crippen molar-refractivity contribution >= 4 is 38.3 Å². The normalized spacial score (nSPS) is 14.5. The Balaban J connectivity index is 1.99. The first-order valence-electron chi connectivity index (χ1n) is 9.36. The summed E-state index contributed by atoms with van der Waals surface area (Å²) < 4.78 is 2.68. The standard InChI is InChI=1S/C22H22BrN3O2/c1-13(9-10-27)17-12-20-19(11-18(17)14-3-4-14)21(22(28)24-2)26(25-20)16-7-5-15(23)6-8-16/h5-9,11-12,14,27H,3-4,10H2,1-2H3,(H,24,28)/b13-9-. The van der Waals surface area contributed by atoms with E-state index in [-0.39, 0.29) is 12.5 Å². The van der Waals surface area contributed by atoms with Crippen molar-refractivity contribution in [1.29, 1.82) is 0 Å². The van der Waals surface area contributed by atoms with Crippen LogP contribution < -0.4 is 5.32 Å². The average molecular weight is 440 g/mol. The SMILES string of the molecule is CNC(=O)c1c2cc(C3CC3)c(/C(C)=C\CO)cc2nn1-c1ccc(Br)cc1. The Bertz CT molecular complexity index is 1080. The molecule has 0 aliphatic heterocycles. The number of rotatable bonds is 5. The van der Waals surface area contributed by atoms with Crippen molar-refractivity contribution in [2.75, 3.05) is 13.7 Å². The van der Waals surface area contributed by atoms with Gasteiger partial charge in [0.2, 0.25) is 0 Å². The van der Waals surface area contributed by atoms with Crippen molar-refractivity contribution in [3.05, 3.63) is 63.8 Å². The molecule has 1 heterocycles. The molecule has 0 radical (unpaired) electrons. The lowest BCUT2D eigenvalue weighted by molar-refractivity contribution is 0.0957. The highest BCUT2D eigenvalue weighted by Gasteiger charge is 2.29. The Hall–Kier alpha value is -2.44. The number of carbonyl (C=O) groups is 1. The molecule has 144 valence electrons. The van der Waals surface area contributed by atoms with Crippen molar-refractivity contribution in [1.82, 2.24) is 15.1 Å². The molecule has 0 unspecified atom stereocenters. The number of aromatic nitrogens is 2. The van der Waals surface area contributed by atoms with Gasteiger partial charge in [0.1, 0.15) is 5.69 Å². The highest BCUT2D eigenvalue weighted by molar-refractivity contribution is 9.10. The molecule has 6 heteroatoms. The number of nitrogens with zero attached hydrogens (tertiary/aromatic N) is 2. The van der Waals surface area contributed by atoms with Crippen LogP contribution in [-0.2, 0) is 0 Å². The van der Waals surface area contributed by atoms with E-state index in [0.29, 0.717) is 11.6 Å². The van der Waals surface area contributed by atoms with Gasteiger partial charge in [-0.1, -0.05) is 22.0 Å². The van der Waals surface area contributed by atoms with Crippen LogP contribution >= 0.6 is 15.9 Å². The maximum atomic E-state index is 12.7. The zero-order chi connectivity index (χ0) is 19.8. The molecule has 0 atom stereocenters. The molecule has 2 aromatic carbocycles. The first-order valence-corrected chi connectivity index (χ1v) is 10.2. The largest absolute Gasteiger partial charge is 0.392 e. The molecule has 1 aromatic heterocycles. The molecule has 28 heavy (non-hydrogen) atoms. The number of aliphatic hydroxyl groups excluding tert-OH is 1. The van der Waals surface area contributed by atoms with E-state index < -0.39 is 0 Å². The number of allylic oxidation sites excluding steroid dienone is 1. The summed E-state index contributed by atoms with van der Waals surface area (Å²) in [6.07, 6.45) is 4.13. The van der Waals surface area contributed by atoms with Gasteiger partial charge in [0.05, 0.1) is 17.8 Å². The van der Waals surface area contributed by atoms with E-state index in [9.17, 15) is 9.90 Å². The van der Waals surface area contributed by atoms with Gasteiger partial charge in [0.25, 0.3) is 5.91 Å². The monoisotopic (exact) mass is 439 g/mol. The fraction of sp³-hybridized carbons (Fsp3) is 0.273. The lowest BCUT2D eigenvalue weighted by Gasteiger charge is -2.10. The maximum absolute atomic E-state index is 12.7. The van der Waals surface area contributed by atoms with E-state index in [1.807, 2.05) is 43.3 Å². The van der Waals surface area contributed by atoms with E-state index in [4.69, 9.17) is 5.10 Å². The molecule has 4 rings (SSSR count). The zero-order valence-corrected chi connectivity index (χ0v) is 17.5. The van der Waals surface area contributed by atoms with Crippen LogP contribution in [0.15, 0.2) is 46.9 Å². The zero-order valence-electron chi connectivity index (χ0n) is 15.9. The summed E-state index contributed by atoms with van der Waals surface area (Å²) in [5, 5.41) is 17.7. The molecule has 2 N–H and O–H groups in total. The van der Waals surface area contributed by atoms with E-state index >= 15 is 0 Å². The number of halogens is 1. The third-order valence-electron chi connectivity index (χ3n) is 5.20. The Morgan fingerprint density at radius 3 is 2.64 bits per heavy atom. The Labute approximate surface area is 172 Å². The topological polar surface area (TPSA) is 67.2 Å². The summed E-state index contributed by atoms with van der Waals surface area (Å²) in [7, 11) is 1.64. The third-order valence-corrected chi connectivity index (χ3v) is 5.72. The summed E-state index contributed by atoms with van der Waals surface area (Å²) >= 11 is 3.45. The molecular weight excluding hydrogens is 418 g/mol. The fourth-order valence-corrected chi connectivity index (χ4v) is 3.84. The van der Waals surface area contributed by atoms with Crippen LogP contribution in [0.25, 0.3) is 22.2 Å². The lowest BCUT2D eigenvalue weighted by atomic mass is 9.95. The van der Waals surface area contributed by atoms with Gasteiger partial charge in [-0.05, 0) is 78.8 Å². The summed E-state index contributed by atoms with van der Waals surface area (Å²) in [6, 6.07) is 11.9. The summed E-state index contributed by atoms with van der Waals surface area (Å²) in [6.45, 7) is 2.01. The van der Waals surface area contributed by atoms with Crippen molar-refractivity contribution in [2.45, 2.75) is 25.7 Å². The fourth-order valence-electron chi connectivity index (χ4n) is 3.58. The maximum Gasteiger partial charge on any atom is 0.270 e. The quantitative estimate of drug-likeness (QED) is 0.617. The van der Waals surface area contributed by atoms with Crippen LogP contribution in [0.4, 0.5) is 0 Å². The second kappa shape index (κ2) is 7.53. The molecular formula is C22H22BrN3O2. The Morgan fingerprint density at radius 2 is 2.04 bits per heavy atom. The summed E-state index contributed by atoms with van der Waals surface area (Å²) in [4.78, 5) is 12.7. The number of carbonyl (C=O) groups excluding carboxylic acids is 1. The average Bonchev–Trinajstić information content (AvgIpc) is 3.47. The van der Waals surface area contributed by atoms with Gasteiger partial charge in [-0.2, -0.15) is 5.10 Å². The molecule has 1 aliphatic rings. The van der Waals surface area contributed by atoms with Crippen molar-refractivity contribution in [2.24, 2.45) is 0 Å². The van der Waals surface area contributed by atoms with Crippen molar-refractivity contribution in [3.63, 3.8) is 0 Å². The van der Waals surface area contributed by atoms with Crippen LogP contribution in [0.2, 0.25) is 0 Å². The van der Waals surface area contributed by atoms with E-state index in [0.717, 1.165) is 45.0 Å². The first kappa shape index (κ1) is 18.9. The van der Waals surface area contributed by atoms with Gasteiger partial charge >= 0.3 is 0 Å². The van der Waals surface area contributed by atoms with E-state index in [1.54, 1.807) is 11.7 Å². The van der Waals surface area contributed by atoms with Gasteiger partial charge < -0.3 is 10.4 Å². The van der Waals surface area contributed by atoms with Gasteiger partial charge in [0, 0.05) is 16.9 Å². The third kappa shape index (κ3) is 3.38. The van der Waals surface area contributed by atoms with Crippen molar-refractivity contribution in [3.8, 4) is 5.69 Å². The minimum Gasteiger partial charge on any atom is -0.392 e. The number of amides is 1. The summed E-state index contributed by atoms with van der Waals surface area (Å²) in [5.74, 6) is 0.345. The molecule has 0 saturated heterocycles. The Kier molecular flexibility index (Phi) is 5.08. The molecule has 5 nitrogen and oxygen atoms in total. The lowest BCUT2D eigenvalue weighted by Crippen LogP contribution is -2.21. The highest BCUT2D eigenvalue weighted by Crippen LogP contribution is 2.45. The number of hydrogen-bond acceptors (Lipinski definition) is 3. The van der Waals surface area contributed by atoms with E-state index in [1.165, 1.54) is 5.56 Å². The van der Waals surface area contributed by atoms with Gasteiger partial charge in [-0.15, -0.1) is 0 Å². The number of aliphatic hydroxyl groups is 1. The second-order valence-electron chi connectivity index (χ2n) is 7.12. The van der Waals surface area contributed by atoms with Crippen LogP contribution in [0.1, 0.15) is 47.3 Å². The summed E-state index contributed by atoms with van der Waals surface area (Å²) in [5.41, 5.74) is 5.51. The minimum absolute atomic E-state index is 0.00476. The molecule has 0 spiro atoms. The predicted molar refractivity (Wildman–Crippen MR) is 115 cm³/mol. The number of nitrogens with one attached hydrogen (secondary N) is 1. The molecule has 3 aromatic rings. The van der Waals surface area contributed by atoms with E-state index in [2.05, 4.69) is 27.3 Å². The van der Waals surface area contributed by atoms with Crippen LogP contribution in [0.5, 0.6) is 0 Å². The molecule has 1 fully saturated rings. The molecule has 1 aliphatic carbocycles. The predicted octanol–water partition coefficient (Wildman–Crippen LogP) is 4.42. The highest BCUT2D eigenvalue weighted by atomic mass is 79.9. The van der Waals surface area contributed by atoms with Crippen molar-refractivity contribution < 1.29 is 9.90 Å². The van der Waals surface area contributed by atoms with Crippen LogP contribution in [-0.4, -0.2) is 34.4 Å². The minimum atomic E-state index is -0.164. The number of benzene rings is 2. The first-order chi connectivity index (χ1) is 13.5. The van der Waals surface area contributed by atoms with Crippen LogP contribution in [0.3, 0.4) is 0 Å². The molecule has 1 saturated carbocycles. The van der Waals surface area contributed by atoms with Gasteiger partial charge in [-0.3, -0.25) is 4.79 Å². The van der Waals surface area contributed by atoms with Crippen LogP contribution in [0, 0.1) is 0 Å². The number of fused-ring (bicyclic) bond motifs is 1. The second-order valence-corrected chi connectivity index (χ2v) is 8.03. The van der Waals surface area contributed by atoms with Gasteiger partial charge in [-0.25, -0.2) is 4.68 Å². The Morgan fingerprint density at radius 1 is 1.32 bits per heavy atom. The molecule has 0 bridgehead atoms. The number of hydrogen-bond donors (Lipinski definition) is 2.